The van der Waals surface area contributed by atoms with Crippen molar-refractivity contribution in [3.8, 4) is 0 Å². The minimum Gasteiger partial charge on any atom is -0.370 e. The number of nitrogens with one attached hydrogen (secondary N) is 1. The highest BCUT2D eigenvalue weighted by molar-refractivity contribution is 5.06. The fraction of sp³-hybridized carbons (Fsp3) is 0.750. The molecule has 0 saturated carbocycles. The first kappa shape index (κ1) is 17.1. The summed E-state index contributed by atoms with van der Waals surface area (Å²) in [6.45, 7) is 16.3. The van der Waals surface area contributed by atoms with Crippen molar-refractivity contribution in [3.63, 3.8) is 0 Å². The molecule has 0 saturated heterocycles. The molecule has 1 atom stereocenters. The number of hydrogen-bond acceptors (Lipinski definition) is 4. The molecule has 1 aromatic rings. The van der Waals surface area contributed by atoms with E-state index in [9.17, 15) is 0 Å². The van der Waals surface area contributed by atoms with E-state index >= 15 is 0 Å². The van der Waals surface area contributed by atoms with Gasteiger partial charge in [0.1, 0.15) is 6.10 Å². The standard InChI is InChI=1S/C16H29N3O/c1-8-20-13(15(2,3)4)14-17-10-9-12(19-14)11-18-16(5,6)7/h9-10,13,18H,8,11H2,1-7H3. The van der Waals surface area contributed by atoms with Crippen molar-refractivity contribution in [2.24, 2.45) is 5.41 Å². The minimum absolute atomic E-state index is 0.0217. The first-order valence-corrected chi connectivity index (χ1v) is 7.32. The molecule has 0 aromatic carbocycles. The van der Waals surface area contributed by atoms with Gasteiger partial charge < -0.3 is 10.1 Å². The molecule has 0 aliphatic carbocycles. The summed E-state index contributed by atoms with van der Waals surface area (Å²) in [7, 11) is 0. The lowest BCUT2D eigenvalue weighted by molar-refractivity contribution is -0.0192. The summed E-state index contributed by atoms with van der Waals surface area (Å²) in [5, 5.41) is 3.44. The van der Waals surface area contributed by atoms with E-state index < -0.39 is 0 Å². The third-order valence-electron chi connectivity index (χ3n) is 2.89. The second kappa shape index (κ2) is 6.64. The Balaban J connectivity index is 2.90. The average Bonchev–Trinajstić information content (AvgIpc) is 2.31. The van der Waals surface area contributed by atoms with Crippen LogP contribution >= 0.6 is 0 Å². The van der Waals surface area contributed by atoms with E-state index in [0.717, 1.165) is 18.1 Å². The predicted octanol–water partition coefficient (Wildman–Crippen LogP) is 3.49. The summed E-state index contributed by atoms with van der Waals surface area (Å²) in [6.07, 6.45) is 1.74. The van der Waals surface area contributed by atoms with E-state index in [0.29, 0.717) is 6.61 Å². The molecule has 0 spiro atoms. The zero-order valence-corrected chi connectivity index (χ0v) is 13.9. The second-order valence-electron chi connectivity index (χ2n) is 7.21. The Hall–Kier alpha value is -1.00. The Morgan fingerprint density at radius 1 is 1.20 bits per heavy atom. The Kier molecular flexibility index (Phi) is 5.66. The summed E-state index contributed by atoms with van der Waals surface area (Å²) in [6, 6.07) is 1.95. The fourth-order valence-corrected chi connectivity index (χ4v) is 1.87. The third-order valence-corrected chi connectivity index (χ3v) is 2.89. The molecule has 0 bridgehead atoms. The molecule has 1 rings (SSSR count). The van der Waals surface area contributed by atoms with Gasteiger partial charge in [-0.05, 0) is 39.2 Å². The highest BCUT2D eigenvalue weighted by atomic mass is 16.5. The van der Waals surface area contributed by atoms with Crippen molar-refractivity contribution in [2.45, 2.75) is 66.7 Å². The van der Waals surface area contributed by atoms with E-state index in [2.05, 4.69) is 56.8 Å². The molecule has 4 nitrogen and oxygen atoms in total. The highest BCUT2D eigenvalue weighted by Gasteiger charge is 2.29. The van der Waals surface area contributed by atoms with Crippen LogP contribution in [0.5, 0.6) is 0 Å². The van der Waals surface area contributed by atoms with E-state index in [-0.39, 0.29) is 17.1 Å². The van der Waals surface area contributed by atoms with Crippen molar-refractivity contribution in [1.82, 2.24) is 15.3 Å². The molecular weight excluding hydrogens is 250 g/mol. The van der Waals surface area contributed by atoms with E-state index in [4.69, 9.17) is 4.74 Å². The summed E-state index contributed by atoms with van der Waals surface area (Å²) in [5.74, 6) is 0.771. The highest BCUT2D eigenvalue weighted by Crippen LogP contribution is 2.34. The van der Waals surface area contributed by atoms with Crippen LogP contribution in [0.25, 0.3) is 0 Å². The van der Waals surface area contributed by atoms with Crippen molar-refractivity contribution in [1.29, 1.82) is 0 Å². The van der Waals surface area contributed by atoms with Crippen molar-refractivity contribution >= 4 is 0 Å². The smallest absolute Gasteiger partial charge is 0.157 e. The van der Waals surface area contributed by atoms with Gasteiger partial charge in [0.05, 0.1) is 5.69 Å². The number of hydrogen-bond donors (Lipinski definition) is 1. The number of ether oxygens (including phenoxy) is 1. The molecule has 0 amide bonds. The molecule has 1 unspecified atom stereocenters. The van der Waals surface area contributed by atoms with Gasteiger partial charge in [-0.3, -0.25) is 0 Å². The van der Waals surface area contributed by atoms with Gasteiger partial charge in [0, 0.05) is 24.9 Å². The normalized spacial score (nSPS) is 14.3. The van der Waals surface area contributed by atoms with Crippen LogP contribution in [0, 0.1) is 5.41 Å². The third kappa shape index (κ3) is 5.55. The van der Waals surface area contributed by atoms with Crippen LogP contribution in [0.1, 0.15) is 66.1 Å². The van der Waals surface area contributed by atoms with Gasteiger partial charge in [-0.25, -0.2) is 9.97 Å². The van der Waals surface area contributed by atoms with Crippen molar-refractivity contribution in [2.75, 3.05) is 6.61 Å². The van der Waals surface area contributed by atoms with Crippen LogP contribution < -0.4 is 5.32 Å². The topological polar surface area (TPSA) is 47.0 Å². The first-order chi connectivity index (χ1) is 9.13. The summed E-state index contributed by atoms with van der Waals surface area (Å²) in [4.78, 5) is 9.07. The quantitative estimate of drug-likeness (QED) is 0.896. The van der Waals surface area contributed by atoms with Gasteiger partial charge in [0.25, 0.3) is 0 Å². The maximum Gasteiger partial charge on any atom is 0.157 e. The molecule has 1 heterocycles. The van der Waals surface area contributed by atoms with Crippen LogP contribution in [0.3, 0.4) is 0 Å². The average molecular weight is 279 g/mol. The largest absolute Gasteiger partial charge is 0.370 e. The maximum atomic E-state index is 5.85. The molecule has 0 aliphatic heterocycles. The molecule has 4 heteroatoms. The zero-order valence-electron chi connectivity index (χ0n) is 13.9. The second-order valence-corrected chi connectivity index (χ2v) is 7.21. The summed E-state index contributed by atoms with van der Waals surface area (Å²) >= 11 is 0. The lowest BCUT2D eigenvalue weighted by atomic mass is 9.88. The van der Waals surface area contributed by atoms with Crippen LogP contribution in [-0.2, 0) is 11.3 Å². The maximum absolute atomic E-state index is 5.85. The molecule has 0 radical (unpaired) electrons. The number of rotatable bonds is 5. The van der Waals surface area contributed by atoms with Gasteiger partial charge >= 0.3 is 0 Å². The first-order valence-electron chi connectivity index (χ1n) is 7.32. The number of aromatic nitrogens is 2. The Morgan fingerprint density at radius 2 is 1.85 bits per heavy atom. The van der Waals surface area contributed by atoms with Crippen LogP contribution in [0.15, 0.2) is 12.3 Å². The number of nitrogens with zero attached hydrogens (tertiary/aromatic N) is 2. The van der Waals surface area contributed by atoms with Crippen LogP contribution in [-0.4, -0.2) is 22.1 Å². The Morgan fingerprint density at radius 3 is 2.35 bits per heavy atom. The molecule has 0 aliphatic rings. The van der Waals surface area contributed by atoms with Crippen LogP contribution in [0.4, 0.5) is 0 Å². The van der Waals surface area contributed by atoms with Crippen molar-refractivity contribution in [3.05, 3.63) is 23.8 Å². The lowest BCUT2D eigenvalue weighted by Crippen LogP contribution is -2.35. The summed E-state index contributed by atoms with van der Waals surface area (Å²) in [5.41, 5.74) is 1.06. The van der Waals surface area contributed by atoms with Crippen LogP contribution in [0.2, 0.25) is 0 Å². The molecule has 1 N–H and O–H groups in total. The molecular formula is C16H29N3O. The molecule has 114 valence electrons. The Bertz CT molecular complexity index is 418. The zero-order chi connectivity index (χ0) is 15.4. The van der Waals surface area contributed by atoms with Gasteiger partial charge in [0.15, 0.2) is 5.82 Å². The SMILES string of the molecule is CCOC(c1nccc(CNC(C)(C)C)n1)C(C)(C)C. The van der Waals surface area contributed by atoms with E-state index in [1.165, 1.54) is 0 Å². The molecule has 1 aromatic heterocycles. The molecule has 0 fully saturated rings. The van der Waals surface area contributed by atoms with Gasteiger partial charge in [0.2, 0.25) is 0 Å². The molecule has 20 heavy (non-hydrogen) atoms. The van der Waals surface area contributed by atoms with Gasteiger partial charge in [-0.15, -0.1) is 0 Å². The summed E-state index contributed by atoms with van der Waals surface area (Å²) < 4.78 is 5.85. The fourth-order valence-electron chi connectivity index (χ4n) is 1.87. The Labute approximate surface area is 123 Å². The van der Waals surface area contributed by atoms with Gasteiger partial charge in [-0.2, -0.15) is 0 Å². The van der Waals surface area contributed by atoms with Crippen molar-refractivity contribution < 1.29 is 4.74 Å². The predicted molar refractivity (Wildman–Crippen MR) is 82.4 cm³/mol. The monoisotopic (exact) mass is 279 g/mol. The minimum atomic E-state index is -0.0814. The van der Waals surface area contributed by atoms with E-state index in [1.54, 1.807) is 0 Å². The lowest BCUT2D eigenvalue weighted by Gasteiger charge is -2.29. The van der Waals surface area contributed by atoms with Gasteiger partial charge in [-0.1, -0.05) is 20.8 Å². The van der Waals surface area contributed by atoms with E-state index in [1.807, 2.05) is 19.2 Å².